The molecule has 0 bridgehead atoms. The van der Waals surface area contributed by atoms with Crippen LogP contribution in [-0.4, -0.2) is 4.57 Å². The number of para-hydroxylation sites is 3. The molecule has 45 heavy (non-hydrogen) atoms. The van der Waals surface area contributed by atoms with Crippen LogP contribution in [0.5, 0.6) is 0 Å². The fraction of sp³-hybridized carbons (Fsp3) is 0. The molecule has 0 spiro atoms. The number of thiophene rings is 1. The van der Waals surface area contributed by atoms with E-state index in [0.29, 0.717) is 0 Å². The molecule has 0 fully saturated rings. The van der Waals surface area contributed by atoms with Gasteiger partial charge in [0.05, 0.1) is 21.4 Å². The quantitative estimate of drug-likeness (QED) is 0.193. The molecule has 0 saturated heterocycles. The summed E-state index contributed by atoms with van der Waals surface area (Å²) in [5.41, 5.74) is 9.54. The third-order valence-corrected chi connectivity index (χ3v) is 9.99. The number of hydrogen-bond acceptors (Lipinski definition) is 2. The highest BCUT2D eigenvalue weighted by atomic mass is 32.1. The number of aromatic nitrogens is 1. The Labute approximate surface area is 265 Å². The van der Waals surface area contributed by atoms with Crippen molar-refractivity contribution in [3.63, 3.8) is 0 Å². The van der Waals surface area contributed by atoms with E-state index in [0.717, 1.165) is 17.1 Å². The zero-order valence-corrected chi connectivity index (χ0v) is 25.3. The molecule has 212 valence electrons. The maximum absolute atomic E-state index is 2.44. The lowest BCUT2D eigenvalue weighted by molar-refractivity contribution is 1.20. The van der Waals surface area contributed by atoms with Gasteiger partial charge >= 0.3 is 0 Å². The molecule has 2 nitrogen and oxygen atoms in total. The number of fused-ring (bicyclic) bond motifs is 6. The number of hydrogen-bond donors (Lipinski definition) is 0. The van der Waals surface area contributed by atoms with E-state index in [9.17, 15) is 0 Å². The Hall–Kier alpha value is -5.64. The summed E-state index contributed by atoms with van der Waals surface area (Å²) in [4.78, 5) is 2.36. The van der Waals surface area contributed by atoms with Crippen LogP contribution in [0.2, 0.25) is 0 Å². The lowest BCUT2D eigenvalue weighted by Crippen LogP contribution is -2.09. The summed E-state index contributed by atoms with van der Waals surface area (Å²) < 4.78 is 5.03. The van der Waals surface area contributed by atoms with Crippen molar-refractivity contribution in [2.24, 2.45) is 0 Å². The fourth-order valence-corrected chi connectivity index (χ4v) is 7.91. The van der Waals surface area contributed by atoms with Crippen LogP contribution in [0, 0.1) is 0 Å². The average molecular weight is 593 g/mol. The highest BCUT2D eigenvalue weighted by Gasteiger charge is 2.18. The maximum atomic E-state index is 2.44. The van der Waals surface area contributed by atoms with Gasteiger partial charge in [0, 0.05) is 43.3 Å². The Balaban J connectivity index is 1.22. The molecule has 9 rings (SSSR count). The van der Waals surface area contributed by atoms with Crippen molar-refractivity contribution >= 4 is 70.4 Å². The molecule has 0 atom stereocenters. The van der Waals surface area contributed by atoms with E-state index in [1.165, 1.54) is 58.8 Å². The van der Waals surface area contributed by atoms with Crippen LogP contribution in [0.4, 0.5) is 17.1 Å². The molecule has 0 unspecified atom stereocenters. The minimum atomic E-state index is 1.13. The van der Waals surface area contributed by atoms with E-state index in [2.05, 4.69) is 179 Å². The van der Waals surface area contributed by atoms with E-state index >= 15 is 0 Å². The van der Waals surface area contributed by atoms with Crippen molar-refractivity contribution < 1.29 is 0 Å². The molecule has 0 radical (unpaired) electrons. The van der Waals surface area contributed by atoms with Crippen LogP contribution in [0.15, 0.2) is 170 Å². The Kier molecular flexibility index (Phi) is 6.03. The normalized spacial score (nSPS) is 11.6. The number of rotatable bonds is 5. The molecular weight excluding hydrogens is 565 g/mol. The van der Waals surface area contributed by atoms with Crippen molar-refractivity contribution in [3.05, 3.63) is 170 Å². The molecule has 0 saturated carbocycles. The van der Waals surface area contributed by atoms with E-state index < -0.39 is 0 Å². The van der Waals surface area contributed by atoms with Crippen molar-refractivity contribution in [1.82, 2.24) is 4.57 Å². The molecule has 2 heterocycles. The molecule has 7 aromatic carbocycles. The van der Waals surface area contributed by atoms with Crippen LogP contribution < -0.4 is 4.90 Å². The molecule has 0 aliphatic heterocycles. The third-order valence-electron chi connectivity index (χ3n) is 8.79. The monoisotopic (exact) mass is 592 g/mol. The van der Waals surface area contributed by atoms with Gasteiger partial charge in [0.2, 0.25) is 0 Å². The van der Waals surface area contributed by atoms with Crippen molar-refractivity contribution in [1.29, 1.82) is 0 Å². The van der Waals surface area contributed by atoms with Gasteiger partial charge in [0.15, 0.2) is 0 Å². The van der Waals surface area contributed by atoms with Gasteiger partial charge in [-0.25, -0.2) is 0 Å². The summed E-state index contributed by atoms with van der Waals surface area (Å²) in [7, 11) is 0. The minimum absolute atomic E-state index is 1.13. The van der Waals surface area contributed by atoms with Gasteiger partial charge in [-0.3, -0.25) is 0 Å². The molecule has 9 aromatic rings. The molecule has 0 aliphatic carbocycles. The SMILES string of the molecule is c1ccc(-c2ccc(N(c3ccccc3)c3ccc4sc5c(-n6c7ccccc7c7ccccc76)cccc5c4c3)cc2)cc1. The summed E-state index contributed by atoms with van der Waals surface area (Å²) in [5, 5.41) is 5.12. The lowest BCUT2D eigenvalue weighted by Gasteiger charge is -2.25. The van der Waals surface area contributed by atoms with Crippen molar-refractivity contribution in [2.45, 2.75) is 0 Å². The van der Waals surface area contributed by atoms with Gasteiger partial charge in [-0.1, -0.05) is 109 Å². The van der Waals surface area contributed by atoms with Gasteiger partial charge < -0.3 is 9.47 Å². The highest BCUT2D eigenvalue weighted by molar-refractivity contribution is 7.26. The lowest BCUT2D eigenvalue weighted by atomic mass is 10.0. The first-order valence-corrected chi connectivity index (χ1v) is 16.1. The first kappa shape index (κ1) is 25.8. The molecule has 0 N–H and O–H groups in total. The van der Waals surface area contributed by atoms with Gasteiger partial charge in [0.25, 0.3) is 0 Å². The average Bonchev–Trinajstić information content (AvgIpc) is 3.65. The predicted molar refractivity (Wildman–Crippen MR) is 194 cm³/mol. The second-order valence-corrected chi connectivity index (χ2v) is 12.4. The first-order valence-electron chi connectivity index (χ1n) is 15.3. The smallest absolute Gasteiger partial charge is 0.0640 e. The Morgan fingerprint density at radius 3 is 1.67 bits per heavy atom. The maximum Gasteiger partial charge on any atom is 0.0640 e. The van der Waals surface area contributed by atoms with Crippen LogP contribution >= 0.6 is 11.3 Å². The van der Waals surface area contributed by atoms with Crippen LogP contribution in [0.1, 0.15) is 0 Å². The molecule has 0 amide bonds. The van der Waals surface area contributed by atoms with E-state index in [1.807, 2.05) is 11.3 Å². The van der Waals surface area contributed by atoms with E-state index in [1.54, 1.807) is 0 Å². The Bertz CT molecular complexity index is 2420. The molecule has 3 heteroatoms. The zero-order valence-electron chi connectivity index (χ0n) is 24.5. The number of anilines is 3. The van der Waals surface area contributed by atoms with Gasteiger partial charge in [-0.05, 0) is 71.8 Å². The van der Waals surface area contributed by atoms with Crippen LogP contribution in [0.25, 0.3) is 58.8 Å². The highest BCUT2D eigenvalue weighted by Crippen LogP contribution is 2.44. The largest absolute Gasteiger partial charge is 0.310 e. The van der Waals surface area contributed by atoms with E-state index in [-0.39, 0.29) is 0 Å². The van der Waals surface area contributed by atoms with E-state index in [4.69, 9.17) is 0 Å². The molecule has 2 aromatic heterocycles. The number of benzene rings is 7. The third kappa shape index (κ3) is 4.24. The zero-order chi connectivity index (χ0) is 29.7. The van der Waals surface area contributed by atoms with Crippen molar-refractivity contribution in [2.75, 3.05) is 4.90 Å². The summed E-state index contributed by atoms with van der Waals surface area (Å²) in [5.74, 6) is 0. The van der Waals surface area contributed by atoms with Gasteiger partial charge in [-0.2, -0.15) is 0 Å². The summed E-state index contributed by atoms with van der Waals surface area (Å²) >= 11 is 1.88. The Morgan fingerprint density at radius 1 is 0.400 bits per heavy atom. The second-order valence-electron chi connectivity index (χ2n) is 11.4. The van der Waals surface area contributed by atoms with Crippen LogP contribution in [-0.2, 0) is 0 Å². The van der Waals surface area contributed by atoms with Gasteiger partial charge in [0.1, 0.15) is 0 Å². The van der Waals surface area contributed by atoms with Gasteiger partial charge in [-0.15, -0.1) is 11.3 Å². The predicted octanol–water partition coefficient (Wildman–Crippen LogP) is 12.3. The second kappa shape index (κ2) is 10.5. The molecular formula is C42H28N2S. The standard InChI is InChI=1S/C42H28N2S/c1-3-12-29(13-4-1)30-22-24-32(25-23-30)43(31-14-5-2-6-15-31)33-26-27-41-37(28-33)36-18-11-21-40(42(36)45-41)44-38-19-9-7-16-34(38)35-17-8-10-20-39(35)44/h1-28H. The summed E-state index contributed by atoms with van der Waals surface area (Å²) in [6.07, 6.45) is 0. The summed E-state index contributed by atoms with van der Waals surface area (Å²) in [6, 6.07) is 61.3. The number of nitrogens with zero attached hydrogens (tertiary/aromatic N) is 2. The van der Waals surface area contributed by atoms with Crippen molar-refractivity contribution in [3.8, 4) is 16.8 Å². The van der Waals surface area contributed by atoms with Crippen LogP contribution in [0.3, 0.4) is 0 Å². The topological polar surface area (TPSA) is 8.17 Å². The first-order chi connectivity index (χ1) is 22.3. The summed E-state index contributed by atoms with van der Waals surface area (Å²) in [6.45, 7) is 0. The molecule has 0 aliphatic rings. The Morgan fingerprint density at radius 2 is 0.956 bits per heavy atom. The minimum Gasteiger partial charge on any atom is -0.310 e. The fourth-order valence-electron chi connectivity index (χ4n) is 6.73.